The van der Waals surface area contributed by atoms with Crippen LogP contribution in [0.4, 0.5) is 5.69 Å². The molecule has 0 unspecified atom stereocenters. The van der Waals surface area contributed by atoms with Gasteiger partial charge in [-0.05, 0) is 54.5 Å². The number of hydrogen-bond acceptors (Lipinski definition) is 6. The van der Waals surface area contributed by atoms with E-state index in [0.717, 1.165) is 24.3 Å². The van der Waals surface area contributed by atoms with E-state index in [1.165, 1.54) is 11.8 Å². The minimum Gasteiger partial charge on any atom is -0.494 e. The quantitative estimate of drug-likeness (QED) is 0.787. The molecule has 0 spiro atoms. The molecule has 7 nitrogen and oxygen atoms in total. The Labute approximate surface area is 132 Å². The second kappa shape index (κ2) is 6.78. The summed E-state index contributed by atoms with van der Waals surface area (Å²) in [5, 5.41) is 15.1. The first-order valence-electron chi connectivity index (χ1n) is 7.19. The molecule has 3 rings (SSSR count). The Morgan fingerprint density at radius 3 is 2.86 bits per heavy atom. The van der Waals surface area contributed by atoms with Crippen molar-refractivity contribution in [2.24, 2.45) is 0 Å². The zero-order valence-corrected chi connectivity index (χ0v) is 13.0. The number of carbonyl (C=O) groups is 1. The molecule has 1 saturated carbocycles. The Bertz CT molecular complexity index is 639. The number of aromatic nitrogens is 4. The molecule has 116 valence electrons. The Morgan fingerprint density at radius 1 is 1.41 bits per heavy atom. The van der Waals surface area contributed by atoms with Crippen LogP contribution < -0.4 is 10.1 Å². The summed E-state index contributed by atoms with van der Waals surface area (Å²) in [5.41, 5.74) is 0.746. The third kappa shape index (κ3) is 3.76. The van der Waals surface area contributed by atoms with Crippen LogP contribution in [0.1, 0.15) is 25.8 Å². The summed E-state index contributed by atoms with van der Waals surface area (Å²) in [6.45, 7) is 2.56. The fourth-order valence-corrected chi connectivity index (χ4v) is 2.70. The van der Waals surface area contributed by atoms with E-state index in [1.807, 2.05) is 31.2 Å². The molecule has 0 radical (unpaired) electrons. The third-order valence-electron chi connectivity index (χ3n) is 3.14. The lowest BCUT2D eigenvalue weighted by Gasteiger charge is -2.07. The average molecular weight is 319 g/mol. The molecule has 0 bridgehead atoms. The number of benzene rings is 1. The highest BCUT2D eigenvalue weighted by atomic mass is 32.2. The van der Waals surface area contributed by atoms with E-state index in [0.29, 0.717) is 17.8 Å². The van der Waals surface area contributed by atoms with Gasteiger partial charge in [-0.25, -0.2) is 4.68 Å². The van der Waals surface area contributed by atoms with Crippen LogP contribution in [0.25, 0.3) is 0 Å². The molecular formula is C14H17N5O2S. The van der Waals surface area contributed by atoms with E-state index >= 15 is 0 Å². The van der Waals surface area contributed by atoms with Gasteiger partial charge in [0.1, 0.15) is 5.75 Å². The van der Waals surface area contributed by atoms with Gasteiger partial charge in [0, 0.05) is 5.69 Å². The molecule has 1 heterocycles. The summed E-state index contributed by atoms with van der Waals surface area (Å²) < 4.78 is 7.16. The number of carbonyl (C=O) groups excluding carboxylic acids is 1. The number of thioether (sulfide) groups is 1. The van der Waals surface area contributed by atoms with Crippen LogP contribution in [0.3, 0.4) is 0 Å². The fourth-order valence-electron chi connectivity index (χ4n) is 1.96. The van der Waals surface area contributed by atoms with Gasteiger partial charge in [0.05, 0.1) is 18.4 Å². The van der Waals surface area contributed by atoms with Gasteiger partial charge < -0.3 is 10.1 Å². The van der Waals surface area contributed by atoms with Crippen LogP contribution >= 0.6 is 11.8 Å². The molecule has 1 amide bonds. The van der Waals surface area contributed by atoms with Gasteiger partial charge in [-0.3, -0.25) is 4.79 Å². The van der Waals surface area contributed by atoms with E-state index in [9.17, 15) is 4.79 Å². The number of nitrogens with one attached hydrogen (secondary N) is 1. The zero-order valence-electron chi connectivity index (χ0n) is 12.2. The van der Waals surface area contributed by atoms with Crippen molar-refractivity contribution in [1.29, 1.82) is 0 Å². The minimum absolute atomic E-state index is 0.0838. The van der Waals surface area contributed by atoms with E-state index in [-0.39, 0.29) is 11.7 Å². The van der Waals surface area contributed by atoms with Gasteiger partial charge in [-0.15, -0.1) is 5.10 Å². The number of tetrazole rings is 1. The molecule has 8 heteroatoms. The third-order valence-corrected chi connectivity index (χ3v) is 4.07. The van der Waals surface area contributed by atoms with Crippen LogP contribution in [-0.4, -0.2) is 38.5 Å². The zero-order chi connectivity index (χ0) is 15.4. The Morgan fingerprint density at radius 2 is 2.18 bits per heavy atom. The summed E-state index contributed by atoms with van der Waals surface area (Å²) in [7, 11) is 0. The van der Waals surface area contributed by atoms with Crippen LogP contribution in [-0.2, 0) is 4.79 Å². The van der Waals surface area contributed by atoms with Crippen LogP contribution in [0.2, 0.25) is 0 Å². The predicted octanol–water partition coefficient (Wildman–Crippen LogP) is 2.14. The number of amides is 1. The van der Waals surface area contributed by atoms with Gasteiger partial charge >= 0.3 is 0 Å². The lowest BCUT2D eigenvalue weighted by Crippen LogP contribution is -2.14. The van der Waals surface area contributed by atoms with Crippen molar-refractivity contribution < 1.29 is 9.53 Å². The van der Waals surface area contributed by atoms with Crippen molar-refractivity contribution in [2.45, 2.75) is 31.0 Å². The molecule has 0 aliphatic heterocycles. The molecule has 1 N–H and O–H groups in total. The molecular weight excluding hydrogens is 302 g/mol. The van der Waals surface area contributed by atoms with Crippen LogP contribution in [0.15, 0.2) is 29.4 Å². The van der Waals surface area contributed by atoms with Gasteiger partial charge in [-0.1, -0.05) is 11.8 Å². The Hall–Kier alpha value is -2.09. The standard InChI is InChI=1S/C14H17N5O2S/c1-2-21-12-7-3-10(4-8-12)15-13(20)9-22-14-16-17-18-19(14)11-5-6-11/h3-4,7-8,11H,2,5-6,9H2,1H3,(H,15,20). The molecule has 1 aromatic carbocycles. The topological polar surface area (TPSA) is 81.9 Å². The van der Waals surface area contributed by atoms with E-state index in [2.05, 4.69) is 20.8 Å². The van der Waals surface area contributed by atoms with Crippen LogP contribution in [0.5, 0.6) is 5.75 Å². The van der Waals surface area contributed by atoms with Crippen molar-refractivity contribution in [3.8, 4) is 5.75 Å². The summed E-state index contributed by atoms with van der Waals surface area (Å²) in [4.78, 5) is 12.0. The van der Waals surface area contributed by atoms with Gasteiger partial charge in [0.15, 0.2) is 0 Å². The Kier molecular flexibility index (Phi) is 4.57. The van der Waals surface area contributed by atoms with Crippen molar-refractivity contribution in [3.05, 3.63) is 24.3 Å². The summed E-state index contributed by atoms with van der Waals surface area (Å²) in [6, 6.07) is 7.72. The highest BCUT2D eigenvalue weighted by molar-refractivity contribution is 7.99. The second-order valence-electron chi connectivity index (χ2n) is 4.93. The molecule has 1 aliphatic rings. The monoisotopic (exact) mass is 319 g/mol. The first kappa shape index (κ1) is 14.8. The van der Waals surface area contributed by atoms with E-state index < -0.39 is 0 Å². The lowest BCUT2D eigenvalue weighted by atomic mass is 10.3. The van der Waals surface area contributed by atoms with Crippen LogP contribution in [0, 0.1) is 0 Å². The molecule has 1 aromatic heterocycles. The molecule has 0 atom stereocenters. The van der Waals surface area contributed by atoms with Crippen molar-refractivity contribution >= 4 is 23.4 Å². The minimum atomic E-state index is -0.0838. The molecule has 22 heavy (non-hydrogen) atoms. The fraction of sp³-hybridized carbons (Fsp3) is 0.429. The molecule has 2 aromatic rings. The average Bonchev–Trinajstić information content (AvgIpc) is 3.26. The van der Waals surface area contributed by atoms with Crippen molar-refractivity contribution in [3.63, 3.8) is 0 Å². The maximum Gasteiger partial charge on any atom is 0.234 e. The number of anilines is 1. The highest BCUT2D eigenvalue weighted by Gasteiger charge is 2.28. The second-order valence-corrected chi connectivity index (χ2v) is 5.87. The summed E-state index contributed by atoms with van der Waals surface area (Å²) in [6.07, 6.45) is 2.22. The van der Waals surface area contributed by atoms with Gasteiger partial charge in [-0.2, -0.15) is 0 Å². The van der Waals surface area contributed by atoms with E-state index in [4.69, 9.17) is 4.74 Å². The maximum atomic E-state index is 12.0. The largest absolute Gasteiger partial charge is 0.494 e. The molecule has 1 aliphatic carbocycles. The van der Waals surface area contributed by atoms with Crippen molar-refractivity contribution in [1.82, 2.24) is 20.2 Å². The smallest absolute Gasteiger partial charge is 0.234 e. The first-order chi connectivity index (χ1) is 10.8. The SMILES string of the molecule is CCOc1ccc(NC(=O)CSc2nnnn2C2CC2)cc1. The Balaban J connectivity index is 1.50. The number of ether oxygens (including phenoxy) is 1. The maximum absolute atomic E-state index is 12.0. The summed E-state index contributed by atoms with van der Waals surface area (Å²) >= 11 is 1.35. The summed E-state index contributed by atoms with van der Waals surface area (Å²) in [5.74, 6) is 0.985. The highest BCUT2D eigenvalue weighted by Crippen LogP contribution is 2.36. The molecule has 0 saturated heterocycles. The lowest BCUT2D eigenvalue weighted by molar-refractivity contribution is -0.113. The number of nitrogens with zero attached hydrogens (tertiary/aromatic N) is 4. The van der Waals surface area contributed by atoms with E-state index in [1.54, 1.807) is 4.68 Å². The molecule has 1 fully saturated rings. The number of hydrogen-bond donors (Lipinski definition) is 1. The first-order valence-corrected chi connectivity index (χ1v) is 8.18. The predicted molar refractivity (Wildman–Crippen MR) is 83.1 cm³/mol. The van der Waals surface area contributed by atoms with Gasteiger partial charge in [0.25, 0.3) is 0 Å². The van der Waals surface area contributed by atoms with Crippen molar-refractivity contribution in [2.75, 3.05) is 17.7 Å². The number of rotatable bonds is 7. The van der Waals surface area contributed by atoms with Gasteiger partial charge in [0.2, 0.25) is 11.1 Å². The normalized spacial score (nSPS) is 13.9.